The van der Waals surface area contributed by atoms with Crippen LogP contribution in [-0.2, 0) is 13.1 Å². The van der Waals surface area contributed by atoms with Crippen LogP contribution in [0.3, 0.4) is 0 Å². The average molecular weight is 354 g/mol. The van der Waals surface area contributed by atoms with Gasteiger partial charge < -0.3 is 9.88 Å². The van der Waals surface area contributed by atoms with Crippen LogP contribution in [0, 0.1) is 25.5 Å². The lowest BCUT2D eigenvalue weighted by atomic mass is 10.2. The summed E-state index contributed by atoms with van der Waals surface area (Å²) in [6, 6.07) is 14.4. The minimum atomic E-state index is -0.315. The number of carbonyl (C=O) groups is 1. The van der Waals surface area contributed by atoms with Crippen molar-refractivity contribution < 1.29 is 13.6 Å². The largest absolute Gasteiger partial charge is 0.347 e. The molecule has 1 heterocycles. The lowest BCUT2D eigenvalue weighted by Crippen LogP contribution is -2.26. The van der Waals surface area contributed by atoms with Gasteiger partial charge in [0.25, 0.3) is 5.91 Å². The molecule has 0 radical (unpaired) electrons. The van der Waals surface area contributed by atoms with E-state index in [1.165, 1.54) is 18.2 Å². The van der Waals surface area contributed by atoms with Gasteiger partial charge in [0.2, 0.25) is 0 Å². The Labute approximate surface area is 151 Å². The molecule has 0 bridgehead atoms. The number of nitrogens with zero attached hydrogens (tertiary/aromatic N) is 1. The highest BCUT2D eigenvalue weighted by molar-refractivity contribution is 5.94. The third-order valence-electron chi connectivity index (χ3n) is 4.36. The number of halogens is 2. The highest BCUT2D eigenvalue weighted by atomic mass is 19.1. The molecule has 134 valence electrons. The zero-order valence-corrected chi connectivity index (χ0v) is 14.7. The Balaban J connectivity index is 1.81. The SMILES string of the molecule is Cc1cc(C)n(Cc2ccccc2F)c1C(=O)NCc1ccc(F)cc1. The lowest BCUT2D eigenvalue weighted by molar-refractivity contribution is 0.0941. The third-order valence-corrected chi connectivity index (χ3v) is 4.36. The van der Waals surface area contributed by atoms with Gasteiger partial charge >= 0.3 is 0 Å². The van der Waals surface area contributed by atoms with E-state index in [0.29, 0.717) is 17.8 Å². The van der Waals surface area contributed by atoms with Crippen LogP contribution in [0.1, 0.15) is 32.9 Å². The first-order chi connectivity index (χ1) is 12.5. The Hall–Kier alpha value is -2.95. The van der Waals surface area contributed by atoms with Crippen molar-refractivity contribution >= 4 is 5.91 Å². The van der Waals surface area contributed by atoms with E-state index in [1.807, 2.05) is 24.5 Å². The van der Waals surface area contributed by atoms with Crippen LogP contribution in [0.4, 0.5) is 8.78 Å². The second-order valence-corrected chi connectivity index (χ2v) is 6.30. The van der Waals surface area contributed by atoms with E-state index in [0.717, 1.165) is 16.8 Å². The van der Waals surface area contributed by atoms with Crippen molar-refractivity contribution in [2.45, 2.75) is 26.9 Å². The molecular weight excluding hydrogens is 334 g/mol. The van der Waals surface area contributed by atoms with E-state index in [4.69, 9.17) is 0 Å². The van der Waals surface area contributed by atoms with Crippen LogP contribution in [0.15, 0.2) is 54.6 Å². The minimum Gasteiger partial charge on any atom is -0.347 e. The molecule has 0 fully saturated rings. The van der Waals surface area contributed by atoms with E-state index in [-0.39, 0.29) is 24.1 Å². The summed E-state index contributed by atoms with van der Waals surface area (Å²) in [4.78, 5) is 12.7. The van der Waals surface area contributed by atoms with Crippen molar-refractivity contribution in [2.75, 3.05) is 0 Å². The van der Waals surface area contributed by atoms with Crippen molar-refractivity contribution in [2.24, 2.45) is 0 Å². The van der Waals surface area contributed by atoms with Crippen LogP contribution in [0.5, 0.6) is 0 Å². The Kier molecular flexibility index (Phi) is 5.16. The molecule has 0 aliphatic heterocycles. The maximum Gasteiger partial charge on any atom is 0.268 e. The van der Waals surface area contributed by atoms with Gasteiger partial charge in [-0.05, 0) is 49.2 Å². The fraction of sp³-hybridized carbons (Fsp3) is 0.190. The normalized spacial score (nSPS) is 10.8. The molecule has 3 aromatic rings. The van der Waals surface area contributed by atoms with Gasteiger partial charge in [0.05, 0.1) is 6.54 Å². The number of aryl methyl sites for hydroxylation is 2. The van der Waals surface area contributed by atoms with Crippen molar-refractivity contribution in [1.29, 1.82) is 0 Å². The Morgan fingerprint density at radius 3 is 2.42 bits per heavy atom. The number of hydrogen-bond acceptors (Lipinski definition) is 1. The van der Waals surface area contributed by atoms with E-state index >= 15 is 0 Å². The van der Waals surface area contributed by atoms with Crippen LogP contribution in [-0.4, -0.2) is 10.5 Å². The van der Waals surface area contributed by atoms with Gasteiger partial charge in [-0.15, -0.1) is 0 Å². The van der Waals surface area contributed by atoms with E-state index in [9.17, 15) is 13.6 Å². The number of benzene rings is 2. The molecule has 0 saturated carbocycles. The van der Waals surface area contributed by atoms with Crippen LogP contribution >= 0.6 is 0 Å². The maximum atomic E-state index is 14.0. The average Bonchev–Trinajstić information content (AvgIpc) is 2.89. The van der Waals surface area contributed by atoms with Gasteiger partial charge in [-0.1, -0.05) is 30.3 Å². The Bertz CT molecular complexity index is 930. The fourth-order valence-electron chi connectivity index (χ4n) is 3.02. The highest BCUT2D eigenvalue weighted by Crippen LogP contribution is 2.19. The molecule has 0 saturated heterocycles. The van der Waals surface area contributed by atoms with Gasteiger partial charge in [-0.3, -0.25) is 4.79 Å². The first-order valence-corrected chi connectivity index (χ1v) is 8.38. The molecular formula is C21H20F2N2O. The second kappa shape index (κ2) is 7.52. The molecule has 0 aliphatic rings. The molecule has 0 atom stereocenters. The van der Waals surface area contributed by atoms with Crippen LogP contribution in [0.25, 0.3) is 0 Å². The molecule has 0 spiro atoms. The summed E-state index contributed by atoms with van der Waals surface area (Å²) in [5.41, 5.74) is 3.56. The van der Waals surface area contributed by atoms with Crippen molar-refractivity contribution in [3.63, 3.8) is 0 Å². The molecule has 1 amide bonds. The molecule has 1 N–H and O–H groups in total. The molecule has 3 rings (SSSR count). The predicted octanol–water partition coefficient (Wildman–Crippen LogP) is 4.36. The van der Waals surface area contributed by atoms with Gasteiger partial charge in [0.15, 0.2) is 0 Å². The van der Waals surface area contributed by atoms with E-state index in [1.54, 1.807) is 30.3 Å². The third kappa shape index (κ3) is 3.82. The van der Waals surface area contributed by atoms with Gasteiger partial charge in [-0.25, -0.2) is 8.78 Å². The summed E-state index contributed by atoms with van der Waals surface area (Å²) in [7, 11) is 0. The first kappa shape index (κ1) is 17.9. The molecule has 0 aliphatic carbocycles. The topological polar surface area (TPSA) is 34.0 Å². The summed E-state index contributed by atoms with van der Waals surface area (Å²) in [5, 5.41) is 2.85. The van der Waals surface area contributed by atoms with Crippen LogP contribution < -0.4 is 5.32 Å². The summed E-state index contributed by atoms with van der Waals surface area (Å²) in [6.45, 7) is 4.33. The molecule has 26 heavy (non-hydrogen) atoms. The molecule has 1 aromatic heterocycles. The minimum absolute atomic E-state index is 0.240. The number of aromatic nitrogens is 1. The zero-order chi connectivity index (χ0) is 18.7. The van der Waals surface area contributed by atoms with Crippen molar-refractivity contribution in [1.82, 2.24) is 9.88 Å². The highest BCUT2D eigenvalue weighted by Gasteiger charge is 2.18. The Morgan fingerprint density at radius 2 is 1.73 bits per heavy atom. The summed E-state index contributed by atoms with van der Waals surface area (Å²) in [6.07, 6.45) is 0. The predicted molar refractivity (Wildman–Crippen MR) is 97.0 cm³/mol. The fourth-order valence-corrected chi connectivity index (χ4v) is 3.02. The number of amides is 1. The summed E-state index contributed by atoms with van der Waals surface area (Å²) >= 11 is 0. The molecule has 5 heteroatoms. The van der Waals surface area contributed by atoms with E-state index < -0.39 is 0 Å². The quantitative estimate of drug-likeness (QED) is 0.726. The second-order valence-electron chi connectivity index (χ2n) is 6.30. The number of carbonyl (C=O) groups excluding carboxylic acids is 1. The Morgan fingerprint density at radius 1 is 1.04 bits per heavy atom. The standard InChI is InChI=1S/C21H20F2N2O/c1-14-11-15(2)25(13-17-5-3-4-6-19(17)23)20(14)21(26)24-12-16-7-9-18(22)10-8-16/h3-11H,12-13H2,1-2H3,(H,24,26). The maximum absolute atomic E-state index is 14.0. The number of nitrogens with one attached hydrogen (secondary N) is 1. The molecule has 3 nitrogen and oxygen atoms in total. The van der Waals surface area contributed by atoms with Crippen molar-refractivity contribution in [3.05, 3.63) is 94.3 Å². The zero-order valence-electron chi connectivity index (χ0n) is 14.7. The summed E-state index contributed by atoms with van der Waals surface area (Å²) in [5.74, 6) is -0.850. The van der Waals surface area contributed by atoms with Crippen LogP contribution in [0.2, 0.25) is 0 Å². The molecule has 2 aromatic carbocycles. The van der Waals surface area contributed by atoms with Gasteiger partial charge in [-0.2, -0.15) is 0 Å². The number of rotatable bonds is 5. The molecule has 0 unspecified atom stereocenters. The number of hydrogen-bond donors (Lipinski definition) is 1. The van der Waals surface area contributed by atoms with Gasteiger partial charge in [0.1, 0.15) is 17.3 Å². The van der Waals surface area contributed by atoms with Gasteiger partial charge in [0, 0.05) is 17.8 Å². The monoisotopic (exact) mass is 354 g/mol. The van der Waals surface area contributed by atoms with Crippen molar-refractivity contribution in [3.8, 4) is 0 Å². The summed E-state index contributed by atoms with van der Waals surface area (Å²) < 4.78 is 28.8. The smallest absolute Gasteiger partial charge is 0.268 e. The lowest BCUT2D eigenvalue weighted by Gasteiger charge is -2.13. The van der Waals surface area contributed by atoms with E-state index in [2.05, 4.69) is 5.32 Å². The first-order valence-electron chi connectivity index (χ1n) is 8.38.